The first-order chi connectivity index (χ1) is 14.3. The molecule has 156 valence electrons. The van der Waals surface area contributed by atoms with Gasteiger partial charge in [-0.05, 0) is 67.9 Å². The lowest BCUT2D eigenvalue weighted by molar-refractivity contribution is -0.384. The van der Waals surface area contributed by atoms with Gasteiger partial charge < -0.3 is 15.3 Å². The number of aryl methyl sites for hydroxylation is 1. The normalized spacial score (nSPS) is 13.0. The SMILES string of the molecule is Cc1cc(C(=O)O)ccc1NC(=S)NC(=O)c1ccc(N2CCCC2)c([N+](=O)[O-])c1. The van der Waals surface area contributed by atoms with Gasteiger partial charge in [-0.25, -0.2) is 4.79 Å². The zero-order chi connectivity index (χ0) is 21.8. The van der Waals surface area contributed by atoms with Gasteiger partial charge in [0.25, 0.3) is 11.6 Å². The van der Waals surface area contributed by atoms with E-state index in [1.165, 1.54) is 24.3 Å². The number of hydrogen-bond acceptors (Lipinski definition) is 6. The number of anilines is 2. The number of nitro groups is 1. The molecule has 0 unspecified atom stereocenters. The van der Waals surface area contributed by atoms with Crippen LogP contribution in [0.4, 0.5) is 17.1 Å². The average Bonchev–Trinajstić information content (AvgIpc) is 3.23. The first kappa shape index (κ1) is 21.2. The number of carbonyl (C=O) groups is 2. The van der Waals surface area contributed by atoms with Gasteiger partial charge in [-0.3, -0.25) is 20.2 Å². The van der Waals surface area contributed by atoms with Crippen LogP contribution in [0.1, 0.15) is 39.1 Å². The molecule has 10 heteroatoms. The van der Waals surface area contributed by atoms with Crippen molar-refractivity contribution in [2.75, 3.05) is 23.3 Å². The molecule has 0 saturated carbocycles. The minimum Gasteiger partial charge on any atom is -0.478 e. The molecule has 9 nitrogen and oxygen atoms in total. The van der Waals surface area contributed by atoms with Gasteiger partial charge in [0.15, 0.2) is 5.11 Å². The molecule has 30 heavy (non-hydrogen) atoms. The highest BCUT2D eigenvalue weighted by Gasteiger charge is 2.24. The molecule has 0 aromatic heterocycles. The van der Waals surface area contributed by atoms with Crippen LogP contribution in [0.5, 0.6) is 0 Å². The third kappa shape index (κ3) is 4.71. The summed E-state index contributed by atoms with van der Waals surface area (Å²) in [6.45, 7) is 3.21. The lowest BCUT2D eigenvalue weighted by Crippen LogP contribution is -2.34. The number of thiocarbonyl (C=S) groups is 1. The van der Waals surface area contributed by atoms with Gasteiger partial charge in [0, 0.05) is 30.4 Å². The summed E-state index contributed by atoms with van der Waals surface area (Å²) in [6.07, 6.45) is 1.96. The summed E-state index contributed by atoms with van der Waals surface area (Å²) >= 11 is 5.15. The van der Waals surface area contributed by atoms with Gasteiger partial charge in [-0.1, -0.05) is 0 Å². The standard InChI is InChI=1S/C20H20N4O5S/c1-12-10-14(19(26)27)4-6-15(12)21-20(30)22-18(25)13-5-7-16(17(11-13)24(28)29)23-8-2-3-9-23/h4-7,10-11H,2-3,8-9H2,1H3,(H,26,27)(H2,21,22,25,30). The second-order valence-corrected chi connectivity index (χ2v) is 7.31. The van der Waals surface area contributed by atoms with Crippen molar-refractivity contribution in [3.63, 3.8) is 0 Å². The fourth-order valence-corrected chi connectivity index (χ4v) is 3.50. The third-order valence-electron chi connectivity index (χ3n) is 4.83. The van der Waals surface area contributed by atoms with Gasteiger partial charge in [-0.2, -0.15) is 0 Å². The van der Waals surface area contributed by atoms with Crippen molar-refractivity contribution >= 4 is 46.3 Å². The first-order valence-corrected chi connectivity index (χ1v) is 9.67. The van der Waals surface area contributed by atoms with Gasteiger partial charge in [0.05, 0.1) is 10.5 Å². The molecule has 1 saturated heterocycles. The van der Waals surface area contributed by atoms with Crippen molar-refractivity contribution in [2.45, 2.75) is 19.8 Å². The van der Waals surface area contributed by atoms with E-state index >= 15 is 0 Å². The molecule has 1 heterocycles. The molecular formula is C20H20N4O5S. The minimum absolute atomic E-state index is 0.00236. The first-order valence-electron chi connectivity index (χ1n) is 9.26. The van der Waals surface area contributed by atoms with Gasteiger partial charge in [0.1, 0.15) is 5.69 Å². The summed E-state index contributed by atoms with van der Waals surface area (Å²) in [5, 5.41) is 25.8. The summed E-state index contributed by atoms with van der Waals surface area (Å²) in [4.78, 5) is 36.5. The Balaban J connectivity index is 1.72. The molecule has 0 bridgehead atoms. The van der Waals surface area contributed by atoms with E-state index in [2.05, 4.69) is 10.6 Å². The highest BCUT2D eigenvalue weighted by atomic mass is 32.1. The van der Waals surface area contributed by atoms with Crippen molar-refractivity contribution in [1.29, 1.82) is 0 Å². The lowest BCUT2D eigenvalue weighted by atomic mass is 10.1. The summed E-state index contributed by atoms with van der Waals surface area (Å²) in [5.41, 5.74) is 1.82. The molecule has 0 spiro atoms. The number of nitrogens with zero attached hydrogens (tertiary/aromatic N) is 2. The van der Waals surface area contributed by atoms with E-state index in [0.717, 1.165) is 25.9 Å². The molecular weight excluding hydrogens is 408 g/mol. The Hall–Kier alpha value is -3.53. The Bertz CT molecular complexity index is 1030. The number of aromatic carboxylic acids is 1. The van der Waals surface area contributed by atoms with Crippen LogP contribution >= 0.6 is 12.2 Å². The quantitative estimate of drug-likeness (QED) is 0.376. The van der Waals surface area contributed by atoms with Crippen LogP contribution in [0.25, 0.3) is 0 Å². The van der Waals surface area contributed by atoms with Crippen molar-refractivity contribution in [3.05, 3.63) is 63.2 Å². The van der Waals surface area contributed by atoms with Crippen molar-refractivity contribution in [2.24, 2.45) is 0 Å². The van der Waals surface area contributed by atoms with E-state index in [4.69, 9.17) is 17.3 Å². The fourth-order valence-electron chi connectivity index (χ4n) is 3.30. The summed E-state index contributed by atoms with van der Waals surface area (Å²) < 4.78 is 0. The summed E-state index contributed by atoms with van der Waals surface area (Å²) in [7, 11) is 0. The number of nitrogens with one attached hydrogen (secondary N) is 2. The molecule has 1 aliphatic heterocycles. The third-order valence-corrected chi connectivity index (χ3v) is 5.03. The molecule has 3 rings (SSSR count). The van der Waals surface area contributed by atoms with Crippen LogP contribution in [-0.2, 0) is 0 Å². The number of benzene rings is 2. The molecule has 0 aliphatic carbocycles. The maximum absolute atomic E-state index is 12.5. The number of rotatable bonds is 5. The van der Waals surface area contributed by atoms with Crippen LogP contribution in [0.2, 0.25) is 0 Å². The highest BCUT2D eigenvalue weighted by molar-refractivity contribution is 7.80. The molecule has 1 fully saturated rings. The Labute approximate surface area is 177 Å². The molecule has 0 atom stereocenters. The molecule has 2 aromatic carbocycles. The number of hydrogen-bond donors (Lipinski definition) is 3. The zero-order valence-electron chi connectivity index (χ0n) is 16.2. The molecule has 1 amide bonds. The van der Waals surface area contributed by atoms with Crippen molar-refractivity contribution < 1.29 is 19.6 Å². The monoisotopic (exact) mass is 428 g/mol. The van der Waals surface area contributed by atoms with Crippen LogP contribution in [0.15, 0.2) is 36.4 Å². The zero-order valence-corrected chi connectivity index (χ0v) is 17.0. The number of amides is 1. The van der Waals surface area contributed by atoms with E-state index in [9.17, 15) is 19.7 Å². The molecule has 0 radical (unpaired) electrons. The number of carboxylic acids is 1. The second-order valence-electron chi connectivity index (χ2n) is 6.90. The Kier molecular flexibility index (Phi) is 6.26. The van der Waals surface area contributed by atoms with Crippen LogP contribution in [-0.4, -0.2) is 40.1 Å². The molecule has 2 aromatic rings. The Morgan fingerprint density at radius 2 is 1.80 bits per heavy atom. The lowest BCUT2D eigenvalue weighted by Gasteiger charge is -2.18. The summed E-state index contributed by atoms with van der Waals surface area (Å²) in [5.74, 6) is -1.62. The predicted molar refractivity (Wildman–Crippen MR) is 116 cm³/mol. The number of carboxylic acid groups (broad SMARTS) is 1. The average molecular weight is 428 g/mol. The largest absolute Gasteiger partial charge is 0.478 e. The Morgan fingerprint density at radius 3 is 2.40 bits per heavy atom. The van der Waals surface area contributed by atoms with Gasteiger partial charge in [0.2, 0.25) is 0 Å². The van der Waals surface area contributed by atoms with Crippen molar-refractivity contribution in [1.82, 2.24) is 5.32 Å². The van der Waals surface area contributed by atoms with E-state index in [1.54, 1.807) is 19.1 Å². The van der Waals surface area contributed by atoms with Crippen molar-refractivity contribution in [3.8, 4) is 0 Å². The second kappa shape index (κ2) is 8.87. The van der Waals surface area contributed by atoms with E-state index < -0.39 is 16.8 Å². The smallest absolute Gasteiger partial charge is 0.335 e. The molecule has 3 N–H and O–H groups in total. The predicted octanol–water partition coefficient (Wildman–Crippen LogP) is 3.33. The van der Waals surface area contributed by atoms with Crippen LogP contribution in [0.3, 0.4) is 0 Å². The maximum Gasteiger partial charge on any atom is 0.335 e. The maximum atomic E-state index is 12.5. The van der Waals surface area contributed by atoms with Crippen LogP contribution < -0.4 is 15.5 Å². The topological polar surface area (TPSA) is 125 Å². The van der Waals surface area contributed by atoms with Gasteiger partial charge in [-0.15, -0.1) is 0 Å². The number of carbonyl (C=O) groups excluding carboxylic acids is 1. The summed E-state index contributed by atoms with van der Waals surface area (Å²) in [6, 6.07) is 8.82. The molecule has 1 aliphatic rings. The van der Waals surface area contributed by atoms with E-state index in [0.29, 0.717) is 16.9 Å². The minimum atomic E-state index is -1.04. The fraction of sp³-hybridized carbons (Fsp3) is 0.250. The Morgan fingerprint density at radius 1 is 1.13 bits per heavy atom. The highest BCUT2D eigenvalue weighted by Crippen LogP contribution is 2.31. The number of nitro benzene ring substituents is 1. The van der Waals surface area contributed by atoms with E-state index in [-0.39, 0.29) is 21.9 Å². The van der Waals surface area contributed by atoms with Crippen LogP contribution in [0, 0.1) is 17.0 Å². The van der Waals surface area contributed by atoms with Gasteiger partial charge >= 0.3 is 5.97 Å². The van der Waals surface area contributed by atoms with E-state index in [1.807, 2.05) is 4.90 Å².